The molecule has 120 valence electrons. The van der Waals surface area contributed by atoms with Crippen LogP contribution in [-0.2, 0) is 4.79 Å². The van der Waals surface area contributed by atoms with Gasteiger partial charge in [-0.2, -0.15) is 0 Å². The van der Waals surface area contributed by atoms with Gasteiger partial charge in [0, 0.05) is 18.5 Å². The van der Waals surface area contributed by atoms with E-state index in [1.807, 2.05) is 0 Å². The molecule has 0 spiro atoms. The monoisotopic (exact) mass is 292 g/mol. The van der Waals surface area contributed by atoms with Gasteiger partial charge in [-0.15, -0.1) is 0 Å². The van der Waals surface area contributed by atoms with Crippen LogP contribution in [0.1, 0.15) is 64.7 Å². The first-order valence-electron chi connectivity index (χ1n) is 9.23. The van der Waals surface area contributed by atoms with E-state index in [1.165, 1.54) is 44.9 Å². The van der Waals surface area contributed by atoms with Crippen molar-refractivity contribution in [1.82, 2.24) is 10.6 Å². The molecule has 2 aliphatic carbocycles. The fourth-order valence-corrected chi connectivity index (χ4v) is 4.73. The zero-order valence-corrected chi connectivity index (χ0v) is 13.6. The van der Waals surface area contributed by atoms with Crippen molar-refractivity contribution < 1.29 is 4.79 Å². The van der Waals surface area contributed by atoms with Gasteiger partial charge in [0.1, 0.15) is 0 Å². The van der Waals surface area contributed by atoms with Crippen molar-refractivity contribution in [3.63, 3.8) is 0 Å². The Labute approximate surface area is 129 Å². The molecule has 2 saturated carbocycles. The van der Waals surface area contributed by atoms with E-state index in [1.54, 1.807) is 0 Å². The molecule has 0 bridgehead atoms. The quantitative estimate of drug-likeness (QED) is 0.839. The van der Waals surface area contributed by atoms with Crippen molar-refractivity contribution in [3.8, 4) is 0 Å². The Bertz CT molecular complexity index is 349. The Hall–Kier alpha value is -0.570. The summed E-state index contributed by atoms with van der Waals surface area (Å²) in [4.78, 5) is 12.4. The predicted molar refractivity (Wildman–Crippen MR) is 86.0 cm³/mol. The molecule has 3 heteroatoms. The summed E-state index contributed by atoms with van der Waals surface area (Å²) >= 11 is 0. The third-order valence-electron chi connectivity index (χ3n) is 6.24. The number of rotatable bonds is 3. The van der Waals surface area contributed by atoms with Gasteiger partial charge in [0.15, 0.2) is 0 Å². The first kappa shape index (κ1) is 15.3. The van der Waals surface area contributed by atoms with E-state index in [0.717, 1.165) is 37.8 Å². The molecular formula is C18H32N2O. The molecule has 1 heterocycles. The van der Waals surface area contributed by atoms with Gasteiger partial charge in [-0.05, 0) is 63.3 Å². The molecule has 0 aromatic carbocycles. The smallest absolute Gasteiger partial charge is 0.223 e. The number of carbonyl (C=O) groups is 1. The fraction of sp³-hybridized carbons (Fsp3) is 0.944. The van der Waals surface area contributed by atoms with Crippen LogP contribution < -0.4 is 10.6 Å². The topological polar surface area (TPSA) is 41.1 Å². The first-order valence-corrected chi connectivity index (χ1v) is 9.23. The van der Waals surface area contributed by atoms with Crippen molar-refractivity contribution in [1.29, 1.82) is 0 Å². The summed E-state index contributed by atoms with van der Waals surface area (Å²) in [7, 11) is 0. The van der Waals surface area contributed by atoms with Gasteiger partial charge >= 0.3 is 0 Å². The normalized spacial score (nSPS) is 40.3. The third-order valence-corrected chi connectivity index (χ3v) is 6.24. The van der Waals surface area contributed by atoms with Crippen LogP contribution in [0.15, 0.2) is 0 Å². The molecule has 1 saturated heterocycles. The lowest BCUT2D eigenvalue weighted by Crippen LogP contribution is -2.44. The van der Waals surface area contributed by atoms with E-state index in [4.69, 9.17) is 0 Å². The Balaban J connectivity index is 1.41. The first-order chi connectivity index (χ1) is 10.2. The minimum atomic E-state index is 0.305. The van der Waals surface area contributed by atoms with Crippen molar-refractivity contribution >= 4 is 5.91 Å². The van der Waals surface area contributed by atoms with E-state index >= 15 is 0 Å². The molecule has 3 rings (SSSR count). The summed E-state index contributed by atoms with van der Waals surface area (Å²) in [6, 6.07) is 0.651. The summed E-state index contributed by atoms with van der Waals surface area (Å²) in [5.74, 6) is 3.07. The summed E-state index contributed by atoms with van der Waals surface area (Å²) in [5, 5.41) is 6.77. The van der Waals surface area contributed by atoms with Crippen molar-refractivity contribution in [2.24, 2.45) is 23.7 Å². The predicted octanol–water partition coefficient (Wildman–Crippen LogP) is 3.10. The zero-order valence-electron chi connectivity index (χ0n) is 13.6. The van der Waals surface area contributed by atoms with Gasteiger partial charge in [-0.3, -0.25) is 4.79 Å². The van der Waals surface area contributed by atoms with Gasteiger partial charge in [-0.25, -0.2) is 0 Å². The van der Waals surface area contributed by atoms with Crippen LogP contribution in [0.5, 0.6) is 0 Å². The lowest BCUT2D eigenvalue weighted by Gasteiger charge is -2.39. The summed E-state index contributed by atoms with van der Waals surface area (Å²) < 4.78 is 0. The number of carbonyl (C=O) groups excluding carboxylic acids is 1. The summed E-state index contributed by atoms with van der Waals surface area (Å²) in [6.45, 7) is 4.19. The maximum absolute atomic E-state index is 12.4. The molecule has 3 nitrogen and oxygen atoms in total. The highest BCUT2D eigenvalue weighted by atomic mass is 16.1. The number of piperidine rings is 1. The molecule has 1 amide bonds. The van der Waals surface area contributed by atoms with Crippen LogP contribution in [0.2, 0.25) is 0 Å². The molecule has 0 aromatic rings. The van der Waals surface area contributed by atoms with Gasteiger partial charge in [0.25, 0.3) is 0 Å². The van der Waals surface area contributed by atoms with Gasteiger partial charge in [0.2, 0.25) is 5.91 Å². The second kappa shape index (κ2) is 7.13. The molecule has 21 heavy (non-hydrogen) atoms. The highest BCUT2D eigenvalue weighted by Crippen LogP contribution is 2.42. The molecule has 3 fully saturated rings. The van der Waals surface area contributed by atoms with Gasteiger partial charge in [-0.1, -0.05) is 25.7 Å². The number of amides is 1. The molecule has 2 N–H and O–H groups in total. The van der Waals surface area contributed by atoms with E-state index < -0.39 is 0 Å². The Kier molecular flexibility index (Phi) is 5.20. The number of fused-ring (bicyclic) bond motifs is 1. The summed E-state index contributed by atoms with van der Waals surface area (Å²) in [6.07, 6.45) is 11.7. The maximum atomic E-state index is 12.4. The molecule has 5 atom stereocenters. The van der Waals surface area contributed by atoms with Crippen LogP contribution in [0.25, 0.3) is 0 Å². The zero-order chi connectivity index (χ0) is 14.7. The van der Waals surface area contributed by atoms with E-state index in [0.29, 0.717) is 23.8 Å². The van der Waals surface area contributed by atoms with E-state index in [-0.39, 0.29) is 0 Å². The van der Waals surface area contributed by atoms with Gasteiger partial charge < -0.3 is 10.6 Å². The third kappa shape index (κ3) is 4.00. The number of hydrogen-bond donors (Lipinski definition) is 2. The van der Waals surface area contributed by atoms with Crippen LogP contribution in [0, 0.1) is 23.7 Å². The van der Waals surface area contributed by atoms with Crippen molar-refractivity contribution in [3.05, 3.63) is 0 Å². The fourth-order valence-electron chi connectivity index (χ4n) is 4.73. The highest BCUT2D eigenvalue weighted by molar-refractivity contribution is 5.78. The van der Waals surface area contributed by atoms with Crippen LogP contribution in [0.3, 0.4) is 0 Å². The second-order valence-corrected chi connectivity index (χ2v) is 7.81. The second-order valence-electron chi connectivity index (χ2n) is 7.81. The van der Waals surface area contributed by atoms with Crippen LogP contribution in [0.4, 0.5) is 0 Å². The average Bonchev–Trinajstić information content (AvgIpc) is 2.53. The van der Waals surface area contributed by atoms with Crippen molar-refractivity contribution in [2.75, 3.05) is 13.1 Å². The van der Waals surface area contributed by atoms with E-state index in [9.17, 15) is 4.79 Å². The molecule has 3 aliphatic rings. The Morgan fingerprint density at radius 3 is 2.62 bits per heavy atom. The maximum Gasteiger partial charge on any atom is 0.223 e. The number of hydrogen-bond acceptors (Lipinski definition) is 2. The molecule has 0 aromatic heterocycles. The average molecular weight is 292 g/mol. The Morgan fingerprint density at radius 1 is 1.05 bits per heavy atom. The highest BCUT2D eigenvalue weighted by Gasteiger charge is 2.35. The molecule has 5 unspecified atom stereocenters. The van der Waals surface area contributed by atoms with Gasteiger partial charge in [0.05, 0.1) is 0 Å². The summed E-state index contributed by atoms with van der Waals surface area (Å²) in [5.41, 5.74) is 0. The minimum absolute atomic E-state index is 0.305. The molecular weight excluding hydrogens is 260 g/mol. The Morgan fingerprint density at radius 2 is 1.86 bits per heavy atom. The van der Waals surface area contributed by atoms with E-state index in [2.05, 4.69) is 17.6 Å². The number of nitrogens with one attached hydrogen (secondary N) is 2. The largest absolute Gasteiger partial charge is 0.356 e. The molecule has 1 aliphatic heterocycles. The SMILES string of the molecule is CC1CCC(CNC(=O)C2CCC3CCCCC3C2)CN1. The van der Waals surface area contributed by atoms with Crippen molar-refractivity contribution in [2.45, 2.75) is 70.8 Å². The van der Waals surface area contributed by atoms with Crippen LogP contribution in [-0.4, -0.2) is 25.0 Å². The lowest BCUT2D eigenvalue weighted by atomic mass is 9.67. The molecule has 0 radical (unpaired) electrons. The lowest BCUT2D eigenvalue weighted by molar-refractivity contribution is -0.127. The van der Waals surface area contributed by atoms with Crippen LogP contribution >= 0.6 is 0 Å². The standard InChI is InChI=1S/C18H32N2O/c1-13-6-7-14(11-19-13)12-20-18(21)17-9-8-15-4-2-3-5-16(15)10-17/h13-17,19H,2-12H2,1H3,(H,20,21). The minimum Gasteiger partial charge on any atom is -0.356 e.